The Kier molecular flexibility index (Phi) is 5.36. The summed E-state index contributed by atoms with van der Waals surface area (Å²) in [7, 11) is 0. The predicted octanol–water partition coefficient (Wildman–Crippen LogP) is 3.66. The monoisotopic (exact) mass is 415 g/mol. The number of hydrogen-bond donors (Lipinski definition) is 1. The second kappa shape index (κ2) is 7.48. The highest BCUT2D eigenvalue weighted by atomic mass is 35.5. The maximum Gasteiger partial charge on any atom is 0.342 e. The first-order valence-corrected chi connectivity index (χ1v) is 9.51. The number of benzene rings is 1. The lowest BCUT2D eigenvalue weighted by molar-refractivity contribution is -0.131. The minimum Gasteiger partial charge on any atom is -0.449 e. The molecular formula is C21H22ClN3O4. The molecule has 0 saturated heterocycles. The fraction of sp³-hybridized carbons (Fsp3) is 0.333. The van der Waals surface area contributed by atoms with Crippen LogP contribution in [0.1, 0.15) is 42.4 Å². The summed E-state index contributed by atoms with van der Waals surface area (Å²) < 4.78 is 5.41. The average Bonchev–Trinajstić information content (AvgIpc) is 2.61. The third-order valence-corrected chi connectivity index (χ3v) is 5.14. The summed E-state index contributed by atoms with van der Waals surface area (Å²) in [5.74, 6) is -1.59. The minimum absolute atomic E-state index is 0.0233. The van der Waals surface area contributed by atoms with Crippen LogP contribution in [-0.2, 0) is 14.3 Å². The van der Waals surface area contributed by atoms with Gasteiger partial charge in [0.2, 0.25) is 5.91 Å². The number of carbonyl (C=O) groups is 3. The molecule has 1 aromatic heterocycles. The van der Waals surface area contributed by atoms with Crippen LogP contribution >= 0.6 is 11.6 Å². The molecule has 0 fully saturated rings. The highest BCUT2D eigenvalue weighted by Crippen LogP contribution is 2.37. The fourth-order valence-corrected chi connectivity index (χ4v) is 3.69. The second-order valence-corrected chi connectivity index (χ2v) is 7.86. The summed E-state index contributed by atoms with van der Waals surface area (Å²) in [6.45, 7) is 8.22. The molecule has 1 atom stereocenters. The number of hydrogen-bond acceptors (Lipinski definition) is 5. The normalized spacial score (nSPS) is 15.9. The average molecular weight is 416 g/mol. The van der Waals surface area contributed by atoms with E-state index in [4.69, 9.17) is 16.3 Å². The zero-order valence-electron chi connectivity index (χ0n) is 16.9. The number of fused-ring (bicyclic) bond motifs is 1. The van der Waals surface area contributed by atoms with Crippen LogP contribution < -0.4 is 10.2 Å². The Hall–Kier alpha value is -2.93. The van der Waals surface area contributed by atoms with Crippen molar-refractivity contribution in [1.82, 2.24) is 4.98 Å². The molecule has 0 aliphatic carbocycles. The standard InChI is InChI=1S/C21H22ClN3O4/c1-11-10-12(2)23-17(22)16(11)19(27)29-13(3)18(26)25-15-9-7-6-8-14(15)24-20(28)21(25,4)5/h6-10,13H,1-5H3,(H,24,28)/t13-/m0/s1. The van der Waals surface area contributed by atoms with E-state index in [0.717, 1.165) is 0 Å². The van der Waals surface area contributed by atoms with Gasteiger partial charge in [0.05, 0.1) is 16.9 Å². The number of anilines is 2. The zero-order chi connectivity index (χ0) is 21.5. The lowest BCUT2D eigenvalue weighted by Crippen LogP contribution is -2.60. The summed E-state index contributed by atoms with van der Waals surface area (Å²) in [5, 5.41) is 2.82. The van der Waals surface area contributed by atoms with E-state index in [1.54, 1.807) is 58.0 Å². The maximum atomic E-state index is 13.2. The van der Waals surface area contributed by atoms with Crippen molar-refractivity contribution < 1.29 is 19.1 Å². The van der Waals surface area contributed by atoms with Gasteiger partial charge in [-0.25, -0.2) is 9.78 Å². The van der Waals surface area contributed by atoms with E-state index in [1.807, 2.05) is 0 Å². The van der Waals surface area contributed by atoms with Gasteiger partial charge in [0, 0.05) is 5.69 Å². The second-order valence-electron chi connectivity index (χ2n) is 7.50. The molecule has 2 heterocycles. The number of amides is 2. The third kappa shape index (κ3) is 3.70. The van der Waals surface area contributed by atoms with E-state index in [-0.39, 0.29) is 16.6 Å². The molecule has 3 rings (SSSR count). The number of rotatable bonds is 3. The van der Waals surface area contributed by atoms with E-state index in [2.05, 4.69) is 10.3 Å². The third-order valence-electron chi connectivity index (χ3n) is 4.86. The van der Waals surface area contributed by atoms with E-state index in [0.29, 0.717) is 22.6 Å². The summed E-state index contributed by atoms with van der Waals surface area (Å²) >= 11 is 6.11. The SMILES string of the molecule is Cc1cc(C)c(C(=O)O[C@@H](C)C(=O)N2c3ccccc3NC(=O)C2(C)C)c(Cl)n1. The number of halogens is 1. The number of para-hydroxylation sites is 2. The van der Waals surface area contributed by atoms with Crippen molar-refractivity contribution in [3.63, 3.8) is 0 Å². The molecule has 0 bridgehead atoms. The van der Waals surface area contributed by atoms with Gasteiger partial charge in [0.15, 0.2) is 6.10 Å². The molecule has 1 N–H and O–H groups in total. The number of aryl methyl sites for hydroxylation is 2. The molecule has 1 aromatic carbocycles. The number of ether oxygens (including phenoxy) is 1. The first kappa shape index (κ1) is 20.8. The minimum atomic E-state index is -1.16. The van der Waals surface area contributed by atoms with Crippen LogP contribution in [0.15, 0.2) is 30.3 Å². The Bertz CT molecular complexity index is 996. The van der Waals surface area contributed by atoms with Gasteiger partial charge in [-0.1, -0.05) is 23.7 Å². The van der Waals surface area contributed by atoms with Gasteiger partial charge in [-0.05, 0) is 58.4 Å². The van der Waals surface area contributed by atoms with Crippen LogP contribution in [0.5, 0.6) is 0 Å². The van der Waals surface area contributed by atoms with Gasteiger partial charge < -0.3 is 10.1 Å². The van der Waals surface area contributed by atoms with Crippen LogP contribution in [0, 0.1) is 13.8 Å². The quantitative estimate of drug-likeness (QED) is 0.610. The number of esters is 1. The van der Waals surface area contributed by atoms with Crippen LogP contribution in [-0.4, -0.2) is 34.4 Å². The molecular weight excluding hydrogens is 394 g/mol. The van der Waals surface area contributed by atoms with Crippen LogP contribution in [0.2, 0.25) is 5.15 Å². The molecule has 1 aliphatic heterocycles. The van der Waals surface area contributed by atoms with Gasteiger partial charge in [-0.3, -0.25) is 14.5 Å². The van der Waals surface area contributed by atoms with Crippen LogP contribution in [0.3, 0.4) is 0 Å². The van der Waals surface area contributed by atoms with Gasteiger partial charge in [-0.2, -0.15) is 0 Å². The molecule has 29 heavy (non-hydrogen) atoms. The summed E-state index contributed by atoms with van der Waals surface area (Å²) in [6, 6.07) is 8.68. The lowest BCUT2D eigenvalue weighted by Gasteiger charge is -2.42. The highest BCUT2D eigenvalue weighted by molar-refractivity contribution is 6.32. The molecule has 8 heteroatoms. The van der Waals surface area contributed by atoms with E-state index in [9.17, 15) is 14.4 Å². The van der Waals surface area contributed by atoms with Crippen LogP contribution in [0.25, 0.3) is 0 Å². The number of nitrogens with one attached hydrogen (secondary N) is 1. The largest absolute Gasteiger partial charge is 0.449 e. The Labute approximate surface area is 174 Å². The summed E-state index contributed by atoms with van der Waals surface area (Å²) in [4.78, 5) is 43.9. The van der Waals surface area contributed by atoms with Crippen molar-refractivity contribution in [1.29, 1.82) is 0 Å². The van der Waals surface area contributed by atoms with Gasteiger partial charge in [0.25, 0.3) is 5.91 Å². The van der Waals surface area contributed by atoms with E-state index < -0.39 is 23.5 Å². The van der Waals surface area contributed by atoms with Crippen molar-refractivity contribution in [2.24, 2.45) is 0 Å². The van der Waals surface area contributed by atoms with Crippen molar-refractivity contribution >= 4 is 40.8 Å². The molecule has 7 nitrogen and oxygen atoms in total. The smallest absolute Gasteiger partial charge is 0.342 e. The zero-order valence-corrected chi connectivity index (χ0v) is 17.6. The van der Waals surface area contributed by atoms with Crippen molar-refractivity contribution in [2.75, 3.05) is 10.2 Å². The first-order chi connectivity index (χ1) is 13.5. The molecule has 1 aliphatic rings. The van der Waals surface area contributed by atoms with Gasteiger partial charge in [0.1, 0.15) is 10.7 Å². The number of aromatic nitrogens is 1. The fourth-order valence-electron chi connectivity index (χ4n) is 3.33. The molecule has 0 unspecified atom stereocenters. The predicted molar refractivity (Wildman–Crippen MR) is 110 cm³/mol. The topological polar surface area (TPSA) is 88.6 Å². The van der Waals surface area contributed by atoms with Gasteiger partial charge in [-0.15, -0.1) is 0 Å². The molecule has 152 valence electrons. The van der Waals surface area contributed by atoms with Crippen molar-refractivity contribution in [3.8, 4) is 0 Å². The Morgan fingerprint density at radius 1 is 1.24 bits per heavy atom. The Balaban J connectivity index is 1.90. The van der Waals surface area contributed by atoms with Gasteiger partial charge >= 0.3 is 5.97 Å². The number of pyridine rings is 1. The molecule has 0 saturated carbocycles. The number of nitrogens with zero attached hydrogens (tertiary/aromatic N) is 2. The molecule has 2 amide bonds. The summed E-state index contributed by atoms with van der Waals surface area (Å²) in [6.07, 6.45) is -1.14. The molecule has 2 aromatic rings. The summed E-state index contributed by atoms with van der Waals surface area (Å²) in [5.41, 5.74) is 1.29. The van der Waals surface area contributed by atoms with E-state index in [1.165, 1.54) is 11.8 Å². The highest BCUT2D eigenvalue weighted by Gasteiger charge is 2.45. The maximum absolute atomic E-state index is 13.2. The molecule has 0 spiro atoms. The Morgan fingerprint density at radius 3 is 2.55 bits per heavy atom. The van der Waals surface area contributed by atoms with Crippen molar-refractivity contribution in [2.45, 2.75) is 46.3 Å². The molecule has 0 radical (unpaired) electrons. The van der Waals surface area contributed by atoms with E-state index >= 15 is 0 Å². The van der Waals surface area contributed by atoms with Crippen LogP contribution in [0.4, 0.5) is 11.4 Å². The Morgan fingerprint density at radius 2 is 1.90 bits per heavy atom. The van der Waals surface area contributed by atoms with Crippen molar-refractivity contribution in [3.05, 3.63) is 52.3 Å². The number of carbonyl (C=O) groups excluding carboxylic acids is 3. The first-order valence-electron chi connectivity index (χ1n) is 9.13. The lowest BCUT2D eigenvalue weighted by atomic mass is 9.95.